The smallest absolute Gasteiger partial charge is 0.228 e. The minimum absolute atomic E-state index is 0.0273. The Kier molecular flexibility index (Phi) is 5.24. The van der Waals surface area contributed by atoms with Gasteiger partial charge in [-0.25, -0.2) is 4.98 Å². The molecule has 2 aromatic heterocycles. The minimum Gasteiger partial charge on any atom is -0.342 e. The van der Waals surface area contributed by atoms with Crippen LogP contribution in [-0.4, -0.2) is 39.4 Å². The Morgan fingerprint density at radius 1 is 1.21 bits per heavy atom. The summed E-state index contributed by atoms with van der Waals surface area (Å²) >= 11 is 6.52. The molecule has 4 heterocycles. The van der Waals surface area contributed by atoms with E-state index in [-0.39, 0.29) is 23.1 Å². The van der Waals surface area contributed by atoms with Crippen LogP contribution in [0.25, 0.3) is 11.1 Å². The zero-order valence-electron chi connectivity index (χ0n) is 19.2. The van der Waals surface area contributed by atoms with Gasteiger partial charge in [0.15, 0.2) is 0 Å². The summed E-state index contributed by atoms with van der Waals surface area (Å²) in [6.07, 6.45) is 4.02. The number of carbonyl (C=O) groups excluding carboxylic acids is 2. The van der Waals surface area contributed by atoms with E-state index in [4.69, 9.17) is 11.6 Å². The second-order valence-electron chi connectivity index (χ2n) is 10.6. The fourth-order valence-corrected chi connectivity index (χ4v) is 6.14. The molecule has 2 aliphatic heterocycles. The third kappa shape index (κ3) is 3.91. The van der Waals surface area contributed by atoms with Crippen molar-refractivity contribution < 1.29 is 9.59 Å². The van der Waals surface area contributed by atoms with Crippen LogP contribution in [0.2, 0.25) is 5.02 Å². The normalized spacial score (nSPS) is 24.9. The van der Waals surface area contributed by atoms with E-state index in [0.717, 1.165) is 55.7 Å². The number of fused-ring (bicyclic) bond motifs is 2. The van der Waals surface area contributed by atoms with E-state index in [1.54, 1.807) is 13.1 Å². The number of hydrogen-bond donors (Lipinski definition) is 1. The van der Waals surface area contributed by atoms with Crippen molar-refractivity contribution in [1.82, 2.24) is 14.5 Å². The van der Waals surface area contributed by atoms with Gasteiger partial charge in [0.1, 0.15) is 17.6 Å². The molecule has 1 saturated carbocycles. The number of carbonyl (C=O) groups is 2. The number of aromatic nitrogens is 2. The number of amides is 2. The van der Waals surface area contributed by atoms with Gasteiger partial charge in [-0.3, -0.25) is 9.59 Å². The number of likely N-dealkylation sites (tertiary alicyclic amines) is 1. The number of anilines is 1. The van der Waals surface area contributed by atoms with Crippen molar-refractivity contribution in [1.29, 1.82) is 5.26 Å². The number of hydrogen-bond acceptors (Lipinski definition) is 4. The van der Waals surface area contributed by atoms with E-state index >= 15 is 0 Å². The van der Waals surface area contributed by atoms with Crippen molar-refractivity contribution in [2.75, 3.05) is 18.4 Å². The third-order valence-electron chi connectivity index (χ3n) is 7.52. The molecule has 0 bridgehead atoms. The summed E-state index contributed by atoms with van der Waals surface area (Å²) in [7, 11) is 0. The van der Waals surface area contributed by atoms with Crippen molar-refractivity contribution in [3.8, 4) is 17.2 Å². The average molecular weight is 466 g/mol. The largest absolute Gasteiger partial charge is 0.342 e. The molecule has 5 rings (SSSR count). The quantitative estimate of drug-likeness (QED) is 0.738. The SMILES string of the molecule is CC(=O)N1C[C@H]2C[C@H](C(=O)Nc3cc(-c4cc(C#N)n5c4CC(C)(C)C5)c(Cl)cn3)C[C@H]2C1. The lowest BCUT2D eigenvalue weighted by Crippen LogP contribution is -2.29. The van der Waals surface area contributed by atoms with Crippen LogP contribution in [0.15, 0.2) is 18.3 Å². The van der Waals surface area contributed by atoms with Gasteiger partial charge in [0.2, 0.25) is 11.8 Å². The summed E-state index contributed by atoms with van der Waals surface area (Å²) in [6, 6.07) is 6.00. The summed E-state index contributed by atoms with van der Waals surface area (Å²) in [4.78, 5) is 30.9. The van der Waals surface area contributed by atoms with Crippen molar-refractivity contribution in [2.24, 2.45) is 23.2 Å². The highest BCUT2D eigenvalue weighted by Crippen LogP contribution is 2.43. The van der Waals surface area contributed by atoms with E-state index in [2.05, 4.69) is 34.8 Å². The minimum atomic E-state index is -0.0697. The Balaban J connectivity index is 1.35. The predicted octanol–water partition coefficient (Wildman–Crippen LogP) is 4.10. The second-order valence-corrected chi connectivity index (χ2v) is 11.0. The van der Waals surface area contributed by atoms with Crippen molar-refractivity contribution in [2.45, 2.75) is 46.6 Å². The lowest BCUT2D eigenvalue weighted by molar-refractivity contribution is -0.128. The van der Waals surface area contributed by atoms with Gasteiger partial charge in [-0.15, -0.1) is 0 Å². The van der Waals surface area contributed by atoms with E-state index in [1.807, 2.05) is 17.0 Å². The average Bonchev–Trinajstić information content (AvgIpc) is 3.47. The first-order valence-corrected chi connectivity index (χ1v) is 11.9. The van der Waals surface area contributed by atoms with E-state index in [1.165, 1.54) is 0 Å². The molecule has 2 fully saturated rings. The van der Waals surface area contributed by atoms with Crippen LogP contribution in [0.1, 0.15) is 45.0 Å². The van der Waals surface area contributed by atoms with Gasteiger partial charge in [-0.1, -0.05) is 25.4 Å². The summed E-state index contributed by atoms with van der Waals surface area (Å²) in [5.74, 6) is 1.28. The van der Waals surface area contributed by atoms with Crippen LogP contribution in [0.3, 0.4) is 0 Å². The van der Waals surface area contributed by atoms with Gasteiger partial charge in [-0.05, 0) is 48.6 Å². The fraction of sp³-hybridized carbons (Fsp3) is 0.520. The first-order valence-electron chi connectivity index (χ1n) is 11.5. The molecule has 0 aromatic carbocycles. The lowest BCUT2D eigenvalue weighted by atomic mass is 9.89. The summed E-state index contributed by atoms with van der Waals surface area (Å²) in [5.41, 5.74) is 3.51. The molecule has 3 atom stereocenters. The number of rotatable bonds is 3. The molecule has 1 saturated heterocycles. The molecular formula is C25H28ClN5O2. The molecule has 0 radical (unpaired) electrons. The van der Waals surface area contributed by atoms with Gasteiger partial charge in [0, 0.05) is 55.5 Å². The molecular weight excluding hydrogens is 438 g/mol. The van der Waals surface area contributed by atoms with Gasteiger partial charge in [-0.2, -0.15) is 5.26 Å². The highest BCUT2D eigenvalue weighted by atomic mass is 35.5. The zero-order chi connectivity index (χ0) is 23.5. The Hall–Kier alpha value is -2.85. The molecule has 0 spiro atoms. The van der Waals surface area contributed by atoms with Crippen molar-refractivity contribution in [3.05, 3.63) is 34.7 Å². The van der Waals surface area contributed by atoms with E-state index < -0.39 is 0 Å². The van der Waals surface area contributed by atoms with Crippen LogP contribution in [0.5, 0.6) is 0 Å². The van der Waals surface area contributed by atoms with Crippen LogP contribution < -0.4 is 5.32 Å². The molecule has 7 nitrogen and oxygen atoms in total. The second kappa shape index (κ2) is 7.88. The lowest BCUT2D eigenvalue weighted by Gasteiger charge is -2.17. The molecule has 1 aliphatic carbocycles. The van der Waals surface area contributed by atoms with Crippen LogP contribution in [0.4, 0.5) is 5.82 Å². The number of pyridine rings is 1. The fourth-order valence-electron chi connectivity index (χ4n) is 5.94. The monoisotopic (exact) mass is 465 g/mol. The molecule has 8 heteroatoms. The summed E-state index contributed by atoms with van der Waals surface area (Å²) in [6.45, 7) is 8.29. The number of nitriles is 1. The Morgan fingerprint density at radius 3 is 2.55 bits per heavy atom. The molecule has 2 aromatic rings. The van der Waals surface area contributed by atoms with Crippen LogP contribution in [0, 0.1) is 34.5 Å². The maximum Gasteiger partial charge on any atom is 0.228 e. The topological polar surface area (TPSA) is 91.0 Å². The van der Waals surface area contributed by atoms with Gasteiger partial charge >= 0.3 is 0 Å². The number of nitrogens with one attached hydrogen (secondary N) is 1. The van der Waals surface area contributed by atoms with Gasteiger partial charge < -0.3 is 14.8 Å². The molecule has 3 aliphatic rings. The molecule has 2 amide bonds. The molecule has 33 heavy (non-hydrogen) atoms. The number of halogens is 1. The summed E-state index contributed by atoms with van der Waals surface area (Å²) in [5, 5.41) is 13.1. The van der Waals surface area contributed by atoms with E-state index in [0.29, 0.717) is 28.4 Å². The molecule has 172 valence electrons. The van der Waals surface area contributed by atoms with Crippen molar-refractivity contribution >= 4 is 29.2 Å². The first kappa shape index (κ1) is 22.0. The standard InChI is InChI=1S/C25H28ClN5O2/c1-14(32)30-11-16-4-15(5-17(16)12-30)24(33)29-23-7-19(21(26)10-28-23)20-6-18(9-27)31-13-25(2,3)8-22(20)31/h6-7,10,15-17H,4-5,8,11-13H2,1-3H3,(H,28,29,33)/t15-,16+,17-. The zero-order valence-corrected chi connectivity index (χ0v) is 19.9. The van der Waals surface area contributed by atoms with Crippen LogP contribution >= 0.6 is 11.6 Å². The number of nitrogens with zero attached hydrogens (tertiary/aromatic N) is 4. The highest BCUT2D eigenvalue weighted by molar-refractivity contribution is 6.33. The molecule has 1 N–H and O–H groups in total. The third-order valence-corrected chi connectivity index (χ3v) is 7.82. The van der Waals surface area contributed by atoms with Crippen LogP contribution in [-0.2, 0) is 22.6 Å². The van der Waals surface area contributed by atoms with Gasteiger partial charge in [0.05, 0.1) is 5.02 Å². The maximum atomic E-state index is 13.0. The summed E-state index contributed by atoms with van der Waals surface area (Å²) < 4.78 is 2.08. The van der Waals surface area contributed by atoms with Crippen molar-refractivity contribution in [3.63, 3.8) is 0 Å². The Labute approximate surface area is 198 Å². The first-order chi connectivity index (χ1) is 15.6. The van der Waals surface area contributed by atoms with Gasteiger partial charge in [0.25, 0.3) is 0 Å². The predicted molar refractivity (Wildman–Crippen MR) is 125 cm³/mol. The Morgan fingerprint density at radius 2 is 1.91 bits per heavy atom. The van der Waals surface area contributed by atoms with E-state index in [9.17, 15) is 14.9 Å². The Bertz CT molecular complexity index is 1180. The highest BCUT2D eigenvalue weighted by Gasteiger charge is 2.44. The maximum absolute atomic E-state index is 13.0. The molecule has 0 unspecified atom stereocenters.